The van der Waals surface area contributed by atoms with E-state index < -0.39 is 0 Å². The number of para-hydroxylation sites is 2. The zero-order valence-electron chi connectivity index (χ0n) is 14.7. The summed E-state index contributed by atoms with van der Waals surface area (Å²) in [7, 11) is 0. The van der Waals surface area contributed by atoms with Crippen molar-refractivity contribution < 1.29 is 4.42 Å². The van der Waals surface area contributed by atoms with Gasteiger partial charge in [-0.25, -0.2) is 0 Å². The first kappa shape index (κ1) is 19.5. The van der Waals surface area contributed by atoms with E-state index in [2.05, 4.69) is 58.9 Å². The summed E-state index contributed by atoms with van der Waals surface area (Å²) in [4.78, 5) is 3.12. The monoisotopic (exact) mass is 385 g/mol. The second-order valence-corrected chi connectivity index (χ2v) is 6.93. The summed E-state index contributed by atoms with van der Waals surface area (Å²) in [5.74, 6) is 0. The first-order valence-corrected chi connectivity index (χ1v) is 9.65. The lowest BCUT2D eigenvalue weighted by Gasteiger charge is -1.83. The van der Waals surface area contributed by atoms with Gasteiger partial charge in [-0.15, -0.1) is 11.3 Å². The fourth-order valence-corrected chi connectivity index (χ4v) is 3.60. The highest BCUT2D eigenvalue weighted by Gasteiger charge is 1.90. The molecule has 28 heavy (non-hydrogen) atoms. The van der Waals surface area contributed by atoms with Crippen molar-refractivity contribution in [3.8, 4) is 0 Å². The summed E-state index contributed by atoms with van der Waals surface area (Å²) in [5.41, 5.74) is 2.16. The quantitative estimate of drug-likeness (QED) is 0.281. The van der Waals surface area contributed by atoms with Crippen LogP contribution in [0.3, 0.4) is 0 Å². The highest BCUT2D eigenvalue weighted by atomic mass is 32.1. The Labute approximate surface area is 169 Å². The van der Waals surface area contributed by atoms with Crippen molar-refractivity contribution in [2.45, 2.75) is 7.43 Å². The van der Waals surface area contributed by atoms with E-state index in [1.54, 1.807) is 17.6 Å². The number of aromatic nitrogens is 1. The smallest absolute Gasteiger partial charge is 0.133 e. The van der Waals surface area contributed by atoms with Crippen LogP contribution in [0.25, 0.3) is 32.0 Å². The molecule has 3 aromatic carbocycles. The van der Waals surface area contributed by atoms with Gasteiger partial charge in [-0.2, -0.15) is 0 Å². The maximum absolute atomic E-state index is 5.12. The van der Waals surface area contributed by atoms with Gasteiger partial charge in [0, 0.05) is 21.8 Å². The van der Waals surface area contributed by atoms with Crippen molar-refractivity contribution >= 4 is 43.3 Å². The molecule has 0 radical (unpaired) electrons. The molecule has 0 unspecified atom stereocenters. The molecule has 0 aliphatic carbocycles. The van der Waals surface area contributed by atoms with E-state index in [4.69, 9.17) is 4.42 Å². The molecular formula is C25H23NOS. The van der Waals surface area contributed by atoms with Gasteiger partial charge in [0.25, 0.3) is 0 Å². The highest BCUT2D eigenvalue weighted by molar-refractivity contribution is 7.17. The van der Waals surface area contributed by atoms with Crippen molar-refractivity contribution in [1.29, 1.82) is 0 Å². The number of aromatic amines is 1. The summed E-state index contributed by atoms with van der Waals surface area (Å²) in [5, 5.41) is 5.91. The molecule has 0 saturated carbocycles. The van der Waals surface area contributed by atoms with Crippen LogP contribution in [-0.2, 0) is 0 Å². The number of furan rings is 1. The Kier molecular flexibility index (Phi) is 6.66. The number of hydrogen-bond acceptors (Lipinski definition) is 2. The Hall–Kier alpha value is -3.30. The molecule has 6 aromatic rings. The molecule has 0 bridgehead atoms. The Morgan fingerprint density at radius 3 is 2.14 bits per heavy atom. The number of H-pyrrole nitrogens is 1. The SMILES string of the molecule is C.c1ccc2[nH]ccc2c1.c1ccc2occc2c1.c1ccc2sccc2c1. The van der Waals surface area contributed by atoms with Gasteiger partial charge in [0.05, 0.1) is 6.26 Å². The molecule has 0 spiro atoms. The Balaban J connectivity index is 0.000000118. The van der Waals surface area contributed by atoms with Crippen LogP contribution in [-0.4, -0.2) is 4.98 Å². The van der Waals surface area contributed by atoms with E-state index >= 15 is 0 Å². The summed E-state index contributed by atoms with van der Waals surface area (Å²) >= 11 is 1.79. The predicted octanol–water partition coefficient (Wildman–Crippen LogP) is 8.14. The standard InChI is InChI=1S/C8H7N.C8H6O.C8H6S.CH4/c3*1-2-4-8-7(3-1)5-6-9-8;/h1-6,9H;2*1-6H;1H4. The summed E-state index contributed by atoms with van der Waals surface area (Å²) in [6.45, 7) is 0. The molecule has 0 saturated heterocycles. The van der Waals surface area contributed by atoms with Gasteiger partial charge in [-0.3, -0.25) is 0 Å². The highest BCUT2D eigenvalue weighted by Crippen LogP contribution is 2.18. The van der Waals surface area contributed by atoms with Gasteiger partial charge in [-0.05, 0) is 52.6 Å². The zero-order chi connectivity index (χ0) is 18.3. The zero-order valence-corrected chi connectivity index (χ0v) is 15.5. The molecule has 140 valence electrons. The van der Waals surface area contributed by atoms with Gasteiger partial charge in [-0.1, -0.05) is 62.0 Å². The third-order valence-corrected chi connectivity index (χ3v) is 5.08. The third-order valence-electron chi connectivity index (χ3n) is 4.19. The summed E-state index contributed by atoms with van der Waals surface area (Å²) in [6, 6.07) is 30.7. The van der Waals surface area contributed by atoms with Crippen LogP contribution in [0, 0.1) is 0 Å². The molecule has 0 atom stereocenters. The first-order valence-electron chi connectivity index (χ1n) is 8.77. The van der Waals surface area contributed by atoms with Crippen LogP contribution in [0.1, 0.15) is 7.43 Å². The average Bonchev–Trinajstić information content (AvgIpc) is 3.48. The summed E-state index contributed by atoms with van der Waals surface area (Å²) in [6.07, 6.45) is 3.65. The second kappa shape index (κ2) is 9.58. The second-order valence-electron chi connectivity index (χ2n) is 5.98. The van der Waals surface area contributed by atoms with Crippen LogP contribution in [0.15, 0.2) is 113 Å². The van der Waals surface area contributed by atoms with Gasteiger partial charge >= 0.3 is 0 Å². The lowest BCUT2D eigenvalue weighted by Crippen LogP contribution is -1.61. The molecule has 3 aromatic heterocycles. The van der Waals surface area contributed by atoms with E-state index in [0.717, 1.165) is 11.0 Å². The van der Waals surface area contributed by atoms with E-state index in [-0.39, 0.29) is 7.43 Å². The molecule has 2 nitrogen and oxygen atoms in total. The van der Waals surface area contributed by atoms with Crippen LogP contribution in [0.2, 0.25) is 0 Å². The maximum Gasteiger partial charge on any atom is 0.133 e. The lowest BCUT2D eigenvalue weighted by molar-refractivity contribution is 0.616. The molecule has 1 N–H and O–H groups in total. The maximum atomic E-state index is 5.12. The van der Waals surface area contributed by atoms with Crippen molar-refractivity contribution in [3.05, 3.63) is 109 Å². The molecule has 0 aliphatic heterocycles. The molecule has 6 rings (SSSR count). The number of benzene rings is 3. The van der Waals surface area contributed by atoms with Crippen LogP contribution < -0.4 is 0 Å². The number of hydrogen-bond donors (Lipinski definition) is 1. The van der Waals surface area contributed by atoms with Crippen molar-refractivity contribution in [2.75, 3.05) is 0 Å². The van der Waals surface area contributed by atoms with E-state index in [1.807, 2.05) is 48.7 Å². The van der Waals surface area contributed by atoms with E-state index in [9.17, 15) is 0 Å². The van der Waals surface area contributed by atoms with Crippen LogP contribution in [0.5, 0.6) is 0 Å². The average molecular weight is 386 g/mol. The largest absolute Gasteiger partial charge is 0.464 e. The van der Waals surface area contributed by atoms with Crippen molar-refractivity contribution in [2.24, 2.45) is 0 Å². The number of rotatable bonds is 0. The lowest BCUT2D eigenvalue weighted by atomic mass is 10.3. The molecule has 3 heteroatoms. The minimum atomic E-state index is 0. The van der Waals surface area contributed by atoms with Crippen LogP contribution >= 0.6 is 11.3 Å². The predicted molar refractivity (Wildman–Crippen MR) is 123 cm³/mol. The topological polar surface area (TPSA) is 28.9 Å². The molecular weight excluding hydrogens is 362 g/mol. The molecule has 3 heterocycles. The number of fused-ring (bicyclic) bond motifs is 3. The Morgan fingerprint density at radius 2 is 1.36 bits per heavy atom. The van der Waals surface area contributed by atoms with Crippen molar-refractivity contribution in [1.82, 2.24) is 4.98 Å². The van der Waals surface area contributed by atoms with Gasteiger partial charge in [0.1, 0.15) is 5.58 Å². The number of thiophene rings is 1. The van der Waals surface area contributed by atoms with Gasteiger partial charge in [0.2, 0.25) is 0 Å². The third kappa shape index (κ3) is 4.70. The molecule has 0 aliphatic rings. The number of nitrogens with one attached hydrogen (secondary N) is 1. The first-order chi connectivity index (χ1) is 13.4. The molecule has 0 fully saturated rings. The minimum Gasteiger partial charge on any atom is -0.464 e. The molecule has 0 amide bonds. The van der Waals surface area contributed by atoms with Crippen LogP contribution in [0.4, 0.5) is 0 Å². The van der Waals surface area contributed by atoms with E-state index in [1.165, 1.54) is 21.0 Å². The Bertz CT molecular complexity index is 997. The van der Waals surface area contributed by atoms with Gasteiger partial charge < -0.3 is 9.40 Å². The van der Waals surface area contributed by atoms with Gasteiger partial charge in [0.15, 0.2) is 0 Å². The van der Waals surface area contributed by atoms with Crippen molar-refractivity contribution in [3.63, 3.8) is 0 Å². The fraction of sp³-hybridized carbons (Fsp3) is 0.0400. The minimum absolute atomic E-state index is 0. The summed E-state index contributed by atoms with van der Waals surface area (Å²) < 4.78 is 6.49. The fourth-order valence-electron chi connectivity index (χ4n) is 2.81. The Morgan fingerprint density at radius 1 is 0.643 bits per heavy atom. The normalized spacial score (nSPS) is 9.86. The van der Waals surface area contributed by atoms with E-state index in [0.29, 0.717) is 0 Å².